The van der Waals surface area contributed by atoms with Crippen LogP contribution in [-0.2, 0) is 6.18 Å². The van der Waals surface area contributed by atoms with Crippen molar-refractivity contribution in [3.05, 3.63) is 63.7 Å². The Hall–Kier alpha value is -2.90. The van der Waals surface area contributed by atoms with Gasteiger partial charge in [0.1, 0.15) is 12.0 Å². The zero-order valence-corrected chi connectivity index (χ0v) is 10.8. The lowest BCUT2D eigenvalue weighted by molar-refractivity contribution is -0.385. The van der Waals surface area contributed by atoms with E-state index in [1.54, 1.807) is 0 Å². The average molecular weight is 311 g/mol. The van der Waals surface area contributed by atoms with Gasteiger partial charge in [-0.3, -0.25) is 14.9 Å². The molecule has 2 aromatic rings. The minimum absolute atomic E-state index is 0.0584. The van der Waals surface area contributed by atoms with E-state index < -0.39 is 22.4 Å². The largest absolute Gasteiger partial charge is 0.450 e. The lowest BCUT2D eigenvalue weighted by Crippen LogP contribution is -2.04. The number of carbonyl (C=O) groups is 1. The van der Waals surface area contributed by atoms with Crippen molar-refractivity contribution in [3.63, 3.8) is 0 Å². The first-order valence-corrected chi connectivity index (χ1v) is 5.90. The van der Waals surface area contributed by atoms with Gasteiger partial charge in [0, 0.05) is 11.6 Å². The van der Waals surface area contributed by atoms with Crippen molar-refractivity contribution < 1.29 is 27.6 Å². The van der Waals surface area contributed by atoms with E-state index in [0.29, 0.717) is 6.29 Å². The summed E-state index contributed by atoms with van der Waals surface area (Å²) in [4.78, 5) is 20.8. The van der Waals surface area contributed by atoms with Crippen molar-refractivity contribution in [1.29, 1.82) is 0 Å². The molecule has 0 aliphatic carbocycles. The Morgan fingerprint density at radius 1 is 1.14 bits per heavy atom. The SMILES string of the molecule is O=Cc1ccc(Oc2cccc(C(F)(F)F)c2)c([N+](=O)[O-])c1. The summed E-state index contributed by atoms with van der Waals surface area (Å²) in [7, 11) is 0. The van der Waals surface area contributed by atoms with Gasteiger partial charge in [-0.2, -0.15) is 13.2 Å². The predicted octanol–water partition coefficient (Wildman–Crippen LogP) is 4.22. The second-order valence-corrected chi connectivity index (χ2v) is 4.23. The number of hydrogen-bond donors (Lipinski definition) is 0. The third-order valence-electron chi connectivity index (χ3n) is 2.70. The Bertz CT molecular complexity index is 728. The quantitative estimate of drug-likeness (QED) is 0.481. The van der Waals surface area contributed by atoms with Gasteiger partial charge < -0.3 is 4.74 Å². The molecule has 0 radical (unpaired) electrons. The molecule has 8 heteroatoms. The van der Waals surface area contributed by atoms with Crippen LogP contribution >= 0.6 is 0 Å². The molecule has 0 spiro atoms. The molecule has 0 aliphatic rings. The molecule has 0 fully saturated rings. The Morgan fingerprint density at radius 3 is 2.45 bits per heavy atom. The fourth-order valence-electron chi connectivity index (χ4n) is 1.70. The Kier molecular flexibility index (Phi) is 4.11. The van der Waals surface area contributed by atoms with Gasteiger partial charge in [-0.05, 0) is 30.3 Å². The van der Waals surface area contributed by atoms with Crippen molar-refractivity contribution in [2.45, 2.75) is 6.18 Å². The van der Waals surface area contributed by atoms with E-state index in [1.807, 2.05) is 0 Å². The molecule has 5 nitrogen and oxygen atoms in total. The minimum atomic E-state index is -4.55. The van der Waals surface area contributed by atoms with Gasteiger partial charge >= 0.3 is 11.9 Å². The fourth-order valence-corrected chi connectivity index (χ4v) is 1.70. The minimum Gasteiger partial charge on any atom is -0.450 e. The van der Waals surface area contributed by atoms with Crippen LogP contribution in [-0.4, -0.2) is 11.2 Å². The van der Waals surface area contributed by atoms with Crippen LogP contribution in [0.25, 0.3) is 0 Å². The summed E-state index contributed by atoms with van der Waals surface area (Å²) in [5.41, 5.74) is -1.39. The summed E-state index contributed by atoms with van der Waals surface area (Å²) in [5, 5.41) is 10.9. The van der Waals surface area contributed by atoms with Gasteiger partial charge in [0.05, 0.1) is 10.5 Å². The topological polar surface area (TPSA) is 69.4 Å². The van der Waals surface area contributed by atoms with Crippen LogP contribution in [0.4, 0.5) is 18.9 Å². The lowest BCUT2D eigenvalue weighted by atomic mass is 10.2. The van der Waals surface area contributed by atoms with Crippen LogP contribution < -0.4 is 4.74 Å². The number of nitrogens with zero attached hydrogens (tertiary/aromatic N) is 1. The first kappa shape index (κ1) is 15.5. The number of benzene rings is 2. The Morgan fingerprint density at radius 2 is 1.86 bits per heavy atom. The zero-order valence-electron chi connectivity index (χ0n) is 10.8. The molecular weight excluding hydrogens is 303 g/mol. The molecule has 0 atom stereocenters. The summed E-state index contributed by atoms with van der Waals surface area (Å²) in [6.07, 6.45) is -4.13. The standard InChI is InChI=1S/C14H8F3NO4/c15-14(16,17)10-2-1-3-11(7-10)22-13-5-4-9(8-19)6-12(13)18(20)21/h1-8H. The van der Waals surface area contributed by atoms with Crippen molar-refractivity contribution >= 4 is 12.0 Å². The summed E-state index contributed by atoms with van der Waals surface area (Å²) >= 11 is 0. The van der Waals surface area contributed by atoms with E-state index in [0.717, 1.165) is 30.3 Å². The number of rotatable bonds is 4. The lowest BCUT2D eigenvalue weighted by Gasteiger charge is -2.10. The molecular formula is C14H8F3NO4. The molecule has 0 aliphatic heterocycles. The average Bonchev–Trinajstić information content (AvgIpc) is 2.47. The predicted molar refractivity (Wildman–Crippen MR) is 70.0 cm³/mol. The van der Waals surface area contributed by atoms with Crippen LogP contribution in [0.15, 0.2) is 42.5 Å². The number of aldehydes is 1. The number of hydrogen-bond acceptors (Lipinski definition) is 4. The number of nitro groups is 1. The number of nitro benzene ring substituents is 1. The molecule has 0 saturated carbocycles. The van der Waals surface area contributed by atoms with E-state index in [2.05, 4.69) is 0 Å². The summed E-state index contributed by atoms with van der Waals surface area (Å²) in [6, 6.07) is 7.37. The van der Waals surface area contributed by atoms with Crippen molar-refractivity contribution in [2.75, 3.05) is 0 Å². The van der Waals surface area contributed by atoms with Crippen LogP contribution in [0.2, 0.25) is 0 Å². The molecule has 0 aromatic heterocycles. The molecule has 2 rings (SSSR count). The van der Waals surface area contributed by atoms with Gasteiger partial charge in [-0.15, -0.1) is 0 Å². The number of halogens is 3. The van der Waals surface area contributed by atoms with Gasteiger partial charge in [-0.1, -0.05) is 6.07 Å². The van der Waals surface area contributed by atoms with Crippen molar-refractivity contribution in [3.8, 4) is 11.5 Å². The van der Waals surface area contributed by atoms with Crippen molar-refractivity contribution in [1.82, 2.24) is 0 Å². The molecule has 0 unspecified atom stereocenters. The maximum atomic E-state index is 12.6. The van der Waals surface area contributed by atoms with Gasteiger partial charge in [0.25, 0.3) is 0 Å². The maximum absolute atomic E-state index is 12.6. The van der Waals surface area contributed by atoms with Gasteiger partial charge in [0.2, 0.25) is 5.75 Å². The van der Waals surface area contributed by atoms with Crippen LogP contribution in [0.1, 0.15) is 15.9 Å². The van der Waals surface area contributed by atoms with Crippen LogP contribution in [0, 0.1) is 10.1 Å². The zero-order chi connectivity index (χ0) is 16.3. The summed E-state index contributed by atoms with van der Waals surface area (Å²) < 4.78 is 43.0. The first-order valence-electron chi connectivity index (χ1n) is 5.90. The first-order chi connectivity index (χ1) is 10.3. The molecule has 22 heavy (non-hydrogen) atoms. The van der Waals surface area contributed by atoms with E-state index in [-0.39, 0.29) is 17.1 Å². The van der Waals surface area contributed by atoms with E-state index in [4.69, 9.17) is 4.74 Å². The third kappa shape index (κ3) is 3.40. The van der Waals surface area contributed by atoms with E-state index in [1.165, 1.54) is 12.1 Å². The maximum Gasteiger partial charge on any atom is 0.416 e. The molecule has 0 bridgehead atoms. The molecule has 0 amide bonds. The molecule has 114 valence electrons. The highest BCUT2D eigenvalue weighted by Gasteiger charge is 2.30. The number of alkyl halides is 3. The van der Waals surface area contributed by atoms with Crippen LogP contribution in [0.3, 0.4) is 0 Å². The Labute approximate surface area is 122 Å². The number of ether oxygens (including phenoxy) is 1. The monoisotopic (exact) mass is 311 g/mol. The summed E-state index contributed by atoms with van der Waals surface area (Å²) in [5.74, 6) is -0.452. The smallest absolute Gasteiger partial charge is 0.416 e. The van der Waals surface area contributed by atoms with Gasteiger partial charge in [0.15, 0.2) is 0 Å². The van der Waals surface area contributed by atoms with Gasteiger partial charge in [-0.25, -0.2) is 0 Å². The fraction of sp³-hybridized carbons (Fsp3) is 0.0714. The normalized spacial score (nSPS) is 11.0. The molecule has 0 heterocycles. The Balaban J connectivity index is 2.39. The molecule has 2 aromatic carbocycles. The van der Waals surface area contributed by atoms with E-state index in [9.17, 15) is 28.1 Å². The third-order valence-corrected chi connectivity index (χ3v) is 2.70. The highest BCUT2D eigenvalue weighted by molar-refractivity contribution is 5.77. The van der Waals surface area contributed by atoms with Crippen molar-refractivity contribution in [2.24, 2.45) is 0 Å². The molecule has 0 saturated heterocycles. The second-order valence-electron chi connectivity index (χ2n) is 4.23. The number of carbonyl (C=O) groups excluding carboxylic acids is 1. The highest BCUT2D eigenvalue weighted by atomic mass is 19.4. The van der Waals surface area contributed by atoms with E-state index >= 15 is 0 Å². The van der Waals surface area contributed by atoms with Crippen LogP contribution in [0.5, 0.6) is 11.5 Å². The highest BCUT2D eigenvalue weighted by Crippen LogP contribution is 2.35. The summed E-state index contributed by atoms with van der Waals surface area (Å²) in [6.45, 7) is 0. The second kappa shape index (κ2) is 5.84. The molecule has 0 N–H and O–H groups in total.